The van der Waals surface area contributed by atoms with E-state index in [1.807, 2.05) is 74.5 Å². The molecule has 1 aromatic heterocycles. The van der Waals surface area contributed by atoms with E-state index in [-0.39, 0.29) is 5.97 Å². The van der Waals surface area contributed by atoms with Crippen molar-refractivity contribution in [1.82, 2.24) is 4.57 Å². The first-order valence-corrected chi connectivity index (χ1v) is 10.8. The molecule has 0 N–H and O–H groups in total. The highest BCUT2D eigenvalue weighted by Gasteiger charge is 2.27. The SMILES string of the molecule is CCOC(=O)c1c(-c2ccc(OC)cc2)c(Cc2ccccc2)n(-c2ccccc2)c1C. The third-order valence-electron chi connectivity index (χ3n) is 5.59. The Bertz CT molecular complexity index is 1190. The molecule has 0 saturated carbocycles. The van der Waals surface area contributed by atoms with E-state index in [9.17, 15) is 4.79 Å². The number of para-hydroxylation sites is 1. The molecule has 4 aromatic rings. The normalized spacial score (nSPS) is 10.7. The average Bonchev–Trinajstić information content (AvgIpc) is 3.12. The summed E-state index contributed by atoms with van der Waals surface area (Å²) in [4.78, 5) is 13.2. The van der Waals surface area contributed by atoms with Crippen LogP contribution >= 0.6 is 0 Å². The van der Waals surface area contributed by atoms with Gasteiger partial charge in [-0.05, 0) is 49.2 Å². The van der Waals surface area contributed by atoms with Crippen LogP contribution in [0.5, 0.6) is 5.75 Å². The highest BCUT2D eigenvalue weighted by molar-refractivity contribution is 6.00. The molecule has 1 heterocycles. The van der Waals surface area contributed by atoms with E-state index in [1.165, 1.54) is 5.56 Å². The molecule has 0 unspecified atom stereocenters. The summed E-state index contributed by atoms with van der Waals surface area (Å²) < 4.78 is 13.0. The van der Waals surface area contributed by atoms with Gasteiger partial charge in [0.05, 0.1) is 19.3 Å². The summed E-state index contributed by atoms with van der Waals surface area (Å²) in [5.74, 6) is 0.468. The van der Waals surface area contributed by atoms with E-state index < -0.39 is 0 Å². The monoisotopic (exact) mass is 425 g/mol. The molecule has 0 atom stereocenters. The van der Waals surface area contributed by atoms with Crippen LogP contribution in [0.3, 0.4) is 0 Å². The fourth-order valence-corrected chi connectivity index (χ4v) is 4.16. The maximum atomic E-state index is 13.2. The van der Waals surface area contributed by atoms with E-state index in [0.717, 1.165) is 34.0 Å². The standard InChI is InChI=1S/C28H27NO3/c1-4-32-28(30)26-20(2)29(23-13-9-6-10-14-23)25(19-21-11-7-5-8-12-21)27(26)22-15-17-24(31-3)18-16-22/h5-18H,4,19H2,1-3H3. The number of aromatic nitrogens is 1. The van der Waals surface area contributed by atoms with Crippen LogP contribution in [0.1, 0.15) is 34.2 Å². The van der Waals surface area contributed by atoms with Gasteiger partial charge in [-0.25, -0.2) is 4.79 Å². The van der Waals surface area contributed by atoms with E-state index in [1.54, 1.807) is 7.11 Å². The Morgan fingerprint density at radius 3 is 2.09 bits per heavy atom. The van der Waals surface area contributed by atoms with Crippen molar-refractivity contribution in [3.8, 4) is 22.6 Å². The lowest BCUT2D eigenvalue weighted by atomic mass is 9.97. The van der Waals surface area contributed by atoms with Gasteiger partial charge in [0.2, 0.25) is 0 Å². The van der Waals surface area contributed by atoms with Gasteiger partial charge in [-0.2, -0.15) is 0 Å². The molecule has 0 radical (unpaired) electrons. The van der Waals surface area contributed by atoms with Crippen molar-refractivity contribution in [2.75, 3.05) is 13.7 Å². The minimum atomic E-state index is -0.306. The van der Waals surface area contributed by atoms with Crippen molar-refractivity contribution < 1.29 is 14.3 Å². The molecule has 0 fully saturated rings. The van der Waals surface area contributed by atoms with Crippen LogP contribution in [0.2, 0.25) is 0 Å². The van der Waals surface area contributed by atoms with Crippen molar-refractivity contribution in [3.05, 3.63) is 107 Å². The highest BCUT2D eigenvalue weighted by Crippen LogP contribution is 2.37. The van der Waals surface area contributed by atoms with Crippen LogP contribution in [0, 0.1) is 6.92 Å². The molecule has 0 aliphatic rings. The second-order valence-corrected chi connectivity index (χ2v) is 7.56. The van der Waals surface area contributed by atoms with Gasteiger partial charge in [0.15, 0.2) is 0 Å². The summed E-state index contributed by atoms with van der Waals surface area (Å²) in [6, 6.07) is 28.3. The topological polar surface area (TPSA) is 40.5 Å². The van der Waals surface area contributed by atoms with Crippen molar-refractivity contribution >= 4 is 5.97 Å². The number of nitrogens with zero attached hydrogens (tertiary/aromatic N) is 1. The molecule has 162 valence electrons. The molecule has 0 bridgehead atoms. The predicted molar refractivity (Wildman–Crippen MR) is 128 cm³/mol. The quantitative estimate of drug-likeness (QED) is 0.330. The Hall–Kier alpha value is -3.79. The largest absolute Gasteiger partial charge is 0.497 e. The van der Waals surface area contributed by atoms with Crippen molar-refractivity contribution in [2.24, 2.45) is 0 Å². The van der Waals surface area contributed by atoms with Crippen LogP contribution in [0.15, 0.2) is 84.9 Å². The van der Waals surface area contributed by atoms with Crippen molar-refractivity contribution in [2.45, 2.75) is 20.3 Å². The van der Waals surface area contributed by atoms with Gasteiger partial charge in [-0.3, -0.25) is 0 Å². The zero-order valence-electron chi connectivity index (χ0n) is 18.7. The number of methoxy groups -OCH3 is 1. The summed E-state index contributed by atoms with van der Waals surface area (Å²) in [7, 11) is 1.65. The van der Waals surface area contributed by atoms with Crippen LogP contribution in [-0.2, 0) is 11.2 Å². The van der Waals surface area contributed by atoms with E-state index in [0.29, 0.717) is 18.6 Å². The van der Waals surface area contributed by atoms with Crippen LogP contribution in [-0.4, -0.2) is 24.3 Å². The molecule has 0 amide bonds. The van der Waals surface area contributed by atoms with Gasteiger partial charge in [0.1, 0.15) is 5.75 Å². The summed E-state index contributed by atoms with van der Waals surface area (Å²) >= 11 is 0. The summed E-state index contributed by atoms with van der Waals surface area (Å²) in [6.07, 6.45) is 0.678. The molecule has 0 aliphatic carbocycles. The van der Waals surface area contributed by atoms with Gasteiger partial charge in [0, 0.05) is 29.1 Å². The van der Waals surface area contributed by atoms with Crippen molar-refractivity contribution in [1.29, 1.82) is 0 Å². The van der Waals surface area contributed by atoms with E-state index >= 15 is 0 Å². The highest BCUT2D eigenvalue weighted by atomic mass is 16.5. The fraction of sp³-hybridized carbons (Fsp3) is 0.179. The smallest absolute Gasteiger partial charge is 0.340 e. The van der Waals surface area contributed by atoms with Gasteiger partial charge in [-0.15, -0.1) is 0 Å². The lowest BCUT2D eigenvalue weighted by Gasteiger charge is -2.14. The Morgan fingerprint density at radius 1 is 0.875 bits per heavy atom. The minimum Gasteiger partial charge on any atom is -0.497 e. The summed E-state index contributed by atoms with van der Waals surface area (Å²) in [5.41, 5.74) is 6.56. The molecule has 4 rings (SSSR count). The zero-order chi connectivity index (χ0) is 22.5. The first-order valence-electron chi connectivity index (χ1n) is 10.8. The van der Waals surface area contributed by atoms with Gasteiger partial charge in [-0.1, -0.05) is 60.7 Å². The first kappa shape index (κ1) is 21.4. The van der Waals surface area contributed by atoms with E-state index in [2.05, 4.69) is 28.8 Å². The average molecular weight is 426 g/mol. The molecule has 0 saturated heterocycles. The number of hydrogen-bond donors (Lipinski definition) is 0. The number of carbonyl (C=O) groups is 1. The van der Waals surface area contributed by atoms with Crippen molar-refractivity contribution in [3.63, 3.8) is 0 Å². The second-order valence-electron chi connectivity index (χ2n) is 7.56. The van der Waals surface area contributed by atoms with Crippen LogP contribution < -0.4 is 4.74 Å². The number of hydrogen-bond acceptors (Lipinski definition) is 3. The molecule has 0 aliphatic heterocycles. The third kappa shape index (κ3) is 4.17. The minimum absolute atomic E-state index is 0.306. The van der Waals surface area contributed by atoms with Crippen LogP contribution in [0.4, 0.5) is 0 Å². The summed E-state index contributed by atoms with van der Waals surface area (Å²) in [6.45, 7) is 4.14. The van der Waals surface area contributed by atoms with Crippen LogP contribution in [0.25, 0.3) is 16.8 Å². The lowest BCUT2D eigenvalue weighted by Crippen LogP contribution is -2.07. The Labute approximate surface area is 189 Å². The molecular formula is C28H27NO3. The third-order valence-corrected chi connectivity index (χ3v) is 5.59. The van der Waals surface area contributed by atoms with E-state index in [4.69, 9.17) is 9.47 Å². The maximum Gasteiger partial charge on any atom is 0.340 e. The first-order chi connectivity index (χ1) is 15.6. The Morgan fingerprint density at radius 2 is 1.50 bits per heavy atom. The Kier molecular flexibility index (Phi) is 6.41. The van der Waals surface area contributed by atoms with Gasteiger partial charge >= 0.3 is 5.97 Å². The molecular weight excluding hydrogens is 398 g/mol. The number of ether oxygens (including phenoxy) is 2. The zero-order valence-corrected chi connectivity index (χ0v) is 18.7. The number of rotatable bonds is 7. The van der Waals surface area contributed by atoms with Gasteiger partial charge < -0.3 is 14.0 Å². The molecule has 0 spiro atoms. The predicted octanol–water partition coefficient (Wildman–Crippen LogP) is 6.23. The second kappa shape index (κ2) is 9.56. The number of benzene rings is 3. The number of esters is 1. The molecule has 4 nitrogen and oxygen atoms in total. The Balaban J connectivity index is 2.02. The maximum absolute atomic E-state index is 13.2. The molecule has 32 heavy (non-hydrogen) atoms. The van der Waals surface area contributed by atoms with Gasteiger partial charge in [0.25, 0.3) is 0 Å². The number of carbonyl (C=O) groups excluding carboxylic acids is 1. The molecule has 3 aromatic carbocycles. The molecule has 4 heteroatoms. The summed E-state index contributed by atoms with van der Waals surface area (Å²) in [5, 5.41) is 0. The lowest BCUT2D eigenvalue weighted by molar-refractivity contribution is 0.0526. The fourth-order valence-electron chi connectivity index (χ4n) is 4.16.